The van der Waals surface area contributed by atoms with Gasteiger partial charge in [-0.1, -0.05) is 57.5 Å². The van der Waals surface area contributed by atoms with Crippen molar-refractivity contribution in [3.63, 3.8) is 0 Å². The van der Waals surface area contributed by atoms with Gasteiger partial charge in [0.05, 0.1) is 6.42 Å². The minimum atomic E-state index is -0.656. The Morgan fingerprint density at radius 3 is 1.95 bits per heavy atom. The number of aryl methyl sites for hydroxylation is 1. The van der Waals surface area contributed by atoms with E-state index in [2.05, 4.69) is 31.4 Å². The Bertz CT molecular complexity index is 1210. The first kappa shape index (κ1) is 27.7. The van der Waals surface area contributed by atoms with E-state index in [9.17, 15) is 14.4 Å². The molecule has 6 nitrogen and oxygen atoms in total. The molecule has 0 spiro atoms. The number of rotatable bonds is 11. The van der Waals surface area contributed by atoms with Gasteiger partial charge in [0.25, 0.3) is 5.91 Å². The van der Waals surface area contributed by atoms with Crippen LogP contribution in [0.15, 0.2) is 72.8 Å². The van der Waals surface area contributed by atoms with Crippen LogP contribution < -0.4 is 15.4 Å². The van der Waals surface area contributed by atoms with E-state index in [1.807, 2.05) is 50.2 Å². The average Bonchev–Trinajstić information content (AvgIpc) is 2.89. The maximum atomic E-state index is 12.8. The van der Waals surface area contributed by atoms with E-state index in [0.717, 1.165) is 12.0 Å². The van der Waals surface area contributed by atoms with Gasteiger partial charge < -0.3 is 15.4 Å². The fraction of sp³-hybridized carbons (Fsp3) is 0.323. The number of hydrogen-bond donors (Lipinski definition) is 2. The van der Waals surface area contributed by atoms with Crippen LogP contribution in [0.2, 0.25) is 0 Å². The summed E-state index contributed by atoms with van der Waals surface area (Å²) in [4.78, 5) is 37.6. The molecule has 0 aliphatic heterocycles. The highest BCUT2D eigenvalue weighted by molar-refractivity contribution is 6.11. The second-order valence-corrected chi connectivity index (χ2v) is 9.86. The molecule has 3 aromatic rings. The normalized spacial score (nSPS) is 11.9. The third-order valence-electron chi connectivity index (χ3n) is 6.59. The Balaban J connectivity index is 1.54. The van der Waals surface area contributed by atoms with E-state index in [4.69, 9.17) is 4.74 Å². The molecule has 0 aliphatic carbocycles. The summed E-state index contributed by atoms with van der Waals surface area (Å²) in [5.74, 6) is -0.299. The molecule has 0 bridgehead atoms. The van der Waals surface area contributed by atoms with Gasteiger partial charge in [-0.05, 0) is 79.3 Å². The Morgan fingerprint density at radius 2 is 1.38 bits per heavy atom. The average molecular weight is 501 g/mol. The van der Waals surface area contributed by atoms with Gasteiger partial charge in [-0.2, -0.15) is 0 Å². The van der Waals surface area contributed by atoms with Crippen LogP contribution >= 0.6 is 0 Å². The summed E-state index contributed by atoms with van der Waals surface area (Å²) in [6, 6.07) is 21.8. The van der Waals surface area contributed by atoms with Crippen molar-refractivity contribution in [2.24, 2.45) is 0 Å². The maximum absolute atomic E-state index is 12.8. The molecule has 0 aromatic heterocycles. The topological polar surface area (TPSA) is 84.5 Å². The van der Waals surface area contributed by atoms with Crippen molar-refractivity contribution in [2.45, 2.75) is 65.4 Å². The van der Waals surface area contributed by atoms with E-state index < -0.39 is 6.10 Å². The van der Waals surface area contributed by atoms with Crippen LogP contribution in [0.1, 0.15) is 68.4 Å². The molecule has 2 amide bonds. The van der Waals surface area contributed by atoms with E-state index in [0.29, 0.717) is 29.1 Å². The number of nitrogens with one attached hydrogen (secondary N) is 2. The Hall–Kier alpha value is -3.93. The van der Waals surface area contributed by atoms with Gasteiger partial charge in [0.15, 0.2) is 11.9 Å². The van der Waals surface area contributed by atoms with E-state index in [1.54, 1.807) is 36.4 Å². The van der Waals surface area contributed by atoms with Crippen molar-refractivity contribution in [3.05, 3.63) is 89.5 Å². The molecule has 0 aliphatic rings. The smallest absolute Gasteiger partial charge is 0.265 e. The number of ether oxygens (including phenoxy) is 1. The second-order valence-electron chi connectivity index (χ2n) is 9.86. The van der Waals surface area contributed by atoms with Crippen molar-refractivity contribution in [1.82, 2.24) is 0 Å². The summed E-state index contributed by atoms with van der Waals surface area (Å²) < 4.78 is 5.95. The molecular formula is C31H36N2O4. The summed E-state index contributed by atoms with van der Waals surface area (Å²) in [5, 5.41) is 5.58. The molecule has 2 N–H and O–H groups in total. The summed E-state index contributed by atoms with van der Waals surface area (Å²) in [5.41, 5.74) is 3.99. The van der Waals surface area contributed by atoms with Crippen LogP contribution in [-0.2, 0) is 15.0 Å². The highest BCUT2D eigenvalue weighted by Gasteiger charge is 2.21. The quantitative estimate of drug-likeness (QED) is 0.227. The molecular weight excluding hydrogens is 464 g/mol. The molecule has 194 valence electrons. The highest BCUT2D eigenvalue weighted by Crippen LogP contribution is 2.28. The Labute approximate surface area is 219 Å². The molecule has 0 unspecified atom stereocenters. The third kappa shape index (κ3) is 7.78. The first-order valence-corrected chi connectivity index (χ1v) is 12.7. The summed E-state index contributed by atoms with van der Waals surface area (Å²) in [7, 11) is 0. The Kier molecular flexibility index (Phi) is 9.23. The fourth-order valence-electron chi connectivity index (χ4n) is 3.73. The molecule has 0 radical (unpaired) electrons. The standard InChI is InChI=1S/C31H36N2O4/c1-6-28(37-26-18-12-23(13-19-26)31(4,5)7-2)30(36)33-25-16-10-22(11-17-25)27(34)20-29(35)32-24-14-8-21(3)9-15-24/h8-19,28H,6-7,20H2,1-5H3,(H,32,35)(H,33,36)/t28-/m0/s1. The number of carbonyl (C=O) groups excluding carboxylic acids is 3. The first-order chi connectivity index (χ1) is 17.6. The molecule has 0 heterocycles. The molecule has 6 heteroatoms. The van der Waals surface area contributed by atoms with Crippen molar-refractivity contribution in [2.75, 3.05) is 10.6 Å². The zero-order chi connectivity index (χ0) is 27.0. The Morgan fingerprint density at radius 1 is 0.811 bits per heavy atom. The highest BCUT2D eigenvalue weighted by atomic mass is 16.5. The van der Waals surface area contributed by atoms with Gasteiger partial charge in [-0.25, -0.2) is 0 Å². The largest absolute Gasteiger partial charge is 0.481 e. The van der Waals surface area contributed by atoms with Crippen LogP contribution in [0.25, 0.3) is 0 Å². The molecule has 1 atom stereocenters. The number of ketones is 1. The monoisotopic (exact) mass is 500 g/mol. The zero-order valence-corrected chi connectivity index (χ0v) is 22.3. The fourth-order valence-corrected chi connectivity index (χ4v) is 3.73. The predicted octanol–water partition coefficient (Wildman–Crippen LogP) is 6.69. The van der Waals surface area contributed by atoms with Crippen molar-refractivity contribution in [3.8, 4) is 5.75 Å². The predicted molar refractivity (Wildman–Crippen MR) is 148 cm³/mol. The lowest BCUT2D eigenvalue weighted by Crippen LogP contribution is -2.32. The van der Waals surface area contributed by atoms with Crippen LogP contribution in [0.5, 0.6) is 5.75 Å². The van der Waals surface area contributed by atoms with Gasteiger partial charge in [-0.3, -0.25) is 14.4 Å². The molecule has 0 saturated heterocycles. The minimum absolute atomic E-state index is 0.0818. The lowest BCUT2D eigenvalue weighted by Gasteiger charge is -2.24. The van der Waals surface area contributed by atoms with E-state index >= 15 is 0 Å². The number of carbonyl (C=O) groups is 3. The summed E-state index contributed by atoms with van der Waals surface area (Å²) in [6.45, 7) is 10.4. The second kappa shape index (κ2) is 12.3. The van der Waals surface area contributed by atoms with Crippen LogP contribution in [-0.4, -0.2) is 23.7 Å². The van der Waals surface area contributed by atoms with E-state index in [-0.39, 0.29) is 29.4 Å². The number of anilines is 2. The third-order valence-corrected chi connectivity index (χ3v) is 6.59. The SMILES string of the molecule is CC[C@H](Oc1ccc(C(C)(C)CC)cc1)C(=O)Nc1ccc(C(=O)CC(=O)Nc2ccc(C)cc2)cc1. The summed E-state index contributed by atoms with van der Waals surface area (Å²) >= 11 is 0. The molecule has 3 rings (SSSR count). The van der Waals surface area contributed by atoms with Gasteiger partial charge >= 0.3 is 0 Å². The summed E-state index contributed by atoms with van der Waals surface area (Å²) in [6.07, 6.45) is 0.607. The lowest BCUT2D eigenvalue weighted by molar-refractivity contribution is -0.122. The molecule has 0 fully saturated rings. The van der Waals surface area contributed by atoms with Gasteiger partial charge in [-0.15, -0.1) is 0 Å². The van der Waals surface area contributed by atoms with Gasteiger partial charge in [0.2, 0.25) is 5.91 Å². The van der Waals surface area contributed by atoms with E-state index in [1.165, 1.54) is 5.56 Å². The minimum Gasteiger partial charge on any atom is -0.481 e. The van der Waals surface area contributed by atoms with Crippen LogP contribution in [0, 0.1) is 6.92 Å². The molecule has 0 saturated carbocycles. The maximum Gasteiger partial charge on any atom is 0.265 e. The number of Topliss-reactive ketones (excluding diaryl/α,β-unsaturated/α-hetero) is 1. The molecule has 37 heavy (non-hydrogen) atoms. The number of benzene rings is 3. The van der Waals surface area contributed by atoms with Gasteiger partial charge in [0, 0.05) is 16.9 Å². The van der Waals surface area contributed by atoms with Crippen molar-refractivity contribution in [1.29, 1.82) is 0 Å². The lowest BCUT2D eigenvalue weighted by atomic mass is 9.82. The molecule has 3 aromatic carbocycles. The van der Waals surface area contributed by atoms with Crippen molar-refractivity contribution < 1.29 is 19.1 Å². The van der Waals surface area contributed by atoms with Crippen LogP contribution in [0.3, 0.4) is 0 Å². The van der Waals surface area contributed by atoms with Gasteiger partial charge in [0.1, 0.15) is 5.75 Å². The number of hydrogen-bond acceptors (Lipinski definition) is 4. The zero-order valence-electron chi connectivity index (χ0n) is 22.3. The number of amides is 2. The first-order valence-electron chi connectivity index (χ1n) is 12.7. The van der Waals surface area contributed by atoms with Crippen LogP contribution in [0.4, 0.5) is 11.4 Å². The van der Waals surface area contributed by atoms with Crippen molar-refractivity contribution >= 4 is 29.0 Å².